The molecule has 3 N–H and O–H groups in total. The van der Waals surface area contributed by atoms with Gasteiger partial charge in [0.2, 0.25) is 0 Å². The van der Waals surface area contributed by atoms with Gasteiger partial charge in [0, 0.05) is 5.69 Å². The molecule has 0 saturated carbocycles. The highest BCUT2D eigenvalue weighted by Crippen LogP contribution is 2.34. The number of hydrogen-bond acceptors (Lipinski definition) is 3. The van der Waals surface area contributed by atoms with Gasteiger partial charge in [-0.1, -0.05) is 24.3 Å². The smallest absolute Gasteiger partial charge is 0.253 e. The predicted octanol–water partition coefficient (Wildman–Crippen LogP) is 2.47. The van der Waals surface area contributed by atoms with Gasteiger partial charge < -0.3 is 15.8 Å². The lowest BCUT2D eigenvalue weighted by molar-refractivity contribution is 0.0841. The lowest BCUT2D eigenvalue weighted by Crippen LogP contribution is -2.41. The molecule has 0 radical (unpaired) electrons. The highest BCUT2D eigenvalue weighted by atomic mass is 16.5. The average Bonchev–Trinajstić information content (AvgIpc) is 3.09. The SMILES string of the molecule is Nc1cc2ccccc2cc1C(=O)NC1CC2CCC1O2. The van der Waals surface area contributed by atoms with Gasteiger partial charge in [-0.15, -0.1) is 0 Å². The number of nitrogens with one attached hydrogen (secondary N) is 1. The second kappa shape index (κ2) is 4.74. The molecule has 1 amide bonds. The van der Waals surface area contributed by atoms with Crippen LogP contribution in [0.3, 0.4) is 0 Å². The van der Waals surface area contributed by atoms with Crippen LogP contribution in [0.15, 0.2) is 36.4 Å². The number of nitrogen functional groups attached to an aromatic ring is 1. The van der Waals surface area contributed by atoms with Crippen molar-refractivity contribution in [1.82, 2.24) is 5.32 Å². The Morgan fingerprint density at radius 3 is 2.62 bits per heavy atom. The van der Waals surface area contributed by atoms with Crippen molar-refractivity contribution < 1.29 is 9.53 Å². The fourth-order valence-corrected chi connectivity index (χ4v) is 3.49. The Morgan fingerprint density at radius 2 is 1.95 bits per heavy atom. The van der Waals surface area contributed by atoms with E-state index in [2.05, 4.69) is 5.32 Å². The Morgan fingerprint density at radius 1 is 1.19 bits per heavy atom. The third kappa shape index (κ3) is 2.16. The monoisotopic (exact) mass is 282 g/mol. The van der Waals surface area contributed by atoms with E-state index in [0.717, 1.165) is 30.0 Å². The molecule has 4 heteroatoms. The van der Waals surface area contributed by atoms with E-state index in [1.165, 1.54) is 0 Å². The first-order chi connectivity index (χ1) is 10.2. The molecule has 21 heavy (non-hydrogen) atoms. The second-order valence-electron chi connectivity index (χ2n) is 5.98. The topological polar surface area (TPSA) is 64.4 Å². The van der Waals surface area contributed by atoms with E-state index in [9.17, 15) is 4.79 Å². The summed E-state index contributed by atoms with van der Waals surface area (Å²) in [4.78, 5) is 12.5. The maximum atomic E-state index is 12.5. The van der Waals surface area contributed by atoms with Crippen LogP contribution in [0.25, 0.3) is 10.8 Å². The van der Waals surface area contributed by atoms with Gasteiger partial charge in [0.15, 0.2) is 0 Å². The van der Waals surface area contributed by atoms with Crippen molar-refractivity contribution in [2.45, 2.75) is 37.5 Å². The van der Waals surface area contributed by atoms with Crippen molar-refractivity contribution in [1.29, 1.82) is 0 Å². The summed E-state index contributed by atoms with van der Waals surface area (Å²) in [5.74, 6) is -0.0978. The Balaban J connectivity index is 1.60. The molecule has 2 fully saturated rings. The summed E-state index contributed by atoms with van der Waals surface area (Å²) in [5, 5.41) is 5.17. The number of ether oxygens (including phenoxy) is 1. The van der Waals surface area contributed by atoms with Gasteiger partial charge >= 0.3 is 0 Å². The summed E-state index contributed by atoms with van der Waals surface area (Å²) < 4.78 is 5.78. The summed E-state index contributed by atoms with van der Waals surface area (Å²) >= 11 is 0. The van der Waals surface area contributed by atoms with E-state index < -0.39 is 0 Å². The zero-order valence-corrected chi connectivity index (χ0v) is 11.7. The van der Waals surface area contributed by atoms with Crippen molar-refractivity contribution in [2.24, 2.45) is 0 Å². The molecule has 0 aromatic heterocycles. The third-order valence-electron chi connectivity index (χ3n) is 4.58. The molecule has 2 aliphatic rings. The van der Waals surface area contributed by atoms with Crippen molar-refractivity contribution in [3.8, 4) is 0 Å². The van der Waals surface area contributed by atoms with Crippen molar-refractivity contribution in [3.63, 3.8) is 0 Å². The van der Waals surface area contributed by atoms with Gasteiger partial charge in [-0.25, -0.2) is 0 Å². The molecule has 2 saturated heterocycles. The van der Waals surface area contributed by atoms with Crippen LogP contribution in [0, 0.1) is 0 Å². The Hall–Kier alpha value is -2.07. The lowest BCUT2D eigenvalue weighted by Gasteiger charge is -2.20. The molecule has 2 aliphatic heterocycles. The molecule has 2 aromatic carbocycles. The quantitative estimate of drug-likeness (QED) is 0.832. The number of carbonyl (C=O) groups excluding carboxylic acids is 1. The van der Waals surface area contributed by atoms with Crippen molar-refractivity contribution >= 4 is 22.4 Å². The molecular weight excluding hydrogens is 264 g/mol. The van der Waals surface area contributed by atoms with Gasteiger partial charge in [0.25, 0.3) is 5.91 Å². The average molecular weight is 282 g/mol. The third-order valence-corrected chi connectivity index (χ3v) is 4.58. The number of anilines is 1. The van der Waals surface area contributed by atoms with Crippen LogP contribution in [0.4, 0.5) is 5.69 Å². The zero-order valence-electron chi connectivity index (χ0n) is 11.7. The minimum atomic E-state index is -0.0978. The molecule has 0 aliphatic carbocycles. The van der Waals surface area contributed by atoms with Crippen LogP contribution in [0.5, 0.6) is 0 Å². The first-order valence-electron chi connectivity index (χ1n) is 7.45. The minimum absolute atomic E-state index is 0.0978. The Bertz CT molecular complexity index is 713. The van der Waals surface area contributed by atoms with Crippen molar-refractivity contribution in [3.05, 3.63) is 42.0 Å². The number of rotatable bonds is 2. The van der Waals surface area contributed by atoms with Crippen molar-refractivity contribution in [2.75, 3.05) is 5.73 Å². The zero-order chi connectivity index (χ0) is 14.4. The molecule has 2 heterocycles. The fourth-order valence-electron chi connectivity index (χ4n) is 3.49. The predicted molar refractivity (Wildman–Crippen MR) is 82.1 cm³/mol. The van der Waals surface area contributed by atoms with Gasteiger partial charge in [-0.3, -0.25) is 4.79 Å². The molecule has 2 bridgehead atoms. The van der Waals surface area contributed by atoms with E-state index in [1.54, 1.807) is 0 Å². The van der Waals surface area contributed by atoms with E-state index in [4.69, 9.17) is 10.5 Å². The molecule has 108 valence electrons. The standard InChI is InChI=1S/C17H18N2O2/c18-14-8-11-4-2-1-3-10(11)7-13(14)17(20)19-15-9-12-5-6-16(15)21-12/h1-4,7-8,12,15-16H,5-6,9,18H2,(H,19,20). The maximum Gasteiger partial charge on any atom is 0.253 e. The minimum Gasteiger partial charge on any atom is -0.398 e. The van der Waals surface area contributed by atoms with E-state index in [1.807, 2.05) is 36.4 Å². The van der Waals surface area contributed by atoms with E-state index >= 15 is 0 Å². The summed E-state index contributed by atoms with van der Waals surface area (Å²) in [6, 6.07) is 11.8. The molecule has 3 atom stereocenters. The van der Waals surface area contributed by atoms with Crippen LogP contribution < -0.4 is 11.1 Å². The highest BCUT2D eigenvalue weighted by molar-refractivity contribution is 6.04. The number of hydrogen-bond donors (Lipinski definition) is 2. The number of benzene rings is 2. The molecule has 3 unspecified atom stereocenters. The second-order valence-corrected chi connectivity index (χ2v) is 5.98. The fraction of sp³-hybridized carbons (Fsp3) is 0.353. The molecule has 4 rings (SSSR count). The maximum absolute atomic E-state index is 12.5. The van der Waals surface area contributed by atoms with Gasteiger partial charge in [0.1, 0.15) is 0 Å². The van der Waals surface area contributed by atoms with Gasteiger partial charge in [-0.2, -0.15) is 0 Å². The van der Waals surface area contributed by atoms with E-state index in [0.29, 0.717) is 17.4 Å². The number of nitrogens with two attached hydrogens (primary N) is 1. The van der Waals surface area contributed by atoms with Crippen LogP contribution in [0.2, 0.25) is 0 Å². The molecular formula is C17H18N2O2. The van der Waals surface area contributed by atoms with Crippen LogP contribution in [0.1, 0.15) is 29.6 Å². The Labute approximate surface area is 123 Å². The molecule has 2 aromatic rings. The van der Waals surface area contributed by atoms with E-state index in [-0.39, 0.29) is 18.1 Å². The van der Waals surface area contributed by atoms with Gasteiger partial charge in [-0.05, 0) is 42.2 Å². The van der Waals surface area contributed by atoms with Crippen LogP contribution >= 0.6 is 0 Å². The first kappa shape index (κ1) is 12.7. The lowest BCUT2D eigenvalue weighted by atomic mass is 9.95. The number of amides is 1. The van der Waals surface area contributed by atoms with Gasteiger partial charge in [0.05, 0.1) is 23.8 Å². The Kier molecular flexibility index (Phi) is 2.86. The summed E-state index contributed by atoms with van der Waals surface area (Å²) in [6.07, 6.45) is 3.59. The molecule has 0 spiro atoms. The summed E-state index contributed by atoms with van der Waals surface area (Å²) in [6.45, 7) is 0. The number of carbonyl (C=O) groups is 1. The van der Waals surface area contributed by atoms with Crippen LogP contribution in [-0.4, -0.2) is 24.2 Å². The number of fused-ring (bicyclic) bond motifs is 3. The summed E-state index contributed by atoms with van der Waals surface area (Å²) in [5.41, 5.74) is 7.12. The highest BCUT2D eigenvalue weighted by Gasteiger charge is 2.41. The normalized spacial score (nSPS) is 27.1. The van der Waals surface area contributed by atoms with Crippen LogP contribution in [-0.2, 0) is 4.74 Å². The largest absolute Gasteiger partial charge is 0.398 e. The first-order valence-corrected chi connectivity index (χ1v) is 7.45. The molecule has 4 nitrogen and oxygen atoms in total. The summed E-state index contributed by atoms with van der Waals surface area (Å²) in [7, 11) is 0.